The molecule has 2 heteroatoms. The van der Waals surface area contributed by atoms with Crippen LogP contribution in [0.15, 0.2) is 12.1 Å². The first-order chi connectivity index (χ1) is 8.58. The molecule has 0 amide bonds. The molecule has 94 valence electrons. The number of Topliss-reactive ketones (excluding diaryl/α,β-unsaturated/α-hetero) is 1. The minimum absolute atomic E-state index is 0.0584. The zero-order chi connectivity index (χ0) is 13.1. The Kier molecular flexibility index (Phi) is 3.72. The van der Waals surface area contributed by atoms with E-state index in [9.17, 15) is 4.79 Å². The standard InChI is InChI=1S/C16H19NO/c1-12-10-13(2)16(14(3)11-12)15(18)6-9-17-7-4-5-8-17/h10-11H,4-5,7-8H2,1-3H3. The minimum Gasteiger partial charge on any atom is -0.332 e. The molecule has 1 aromatic carbocycles. The van der Waals surface area contributed by atoms with Crippen molar-refractivity contribution in [3.63, 3.8) is 0 Å². The van der Waals surface area contributed by atoms with Gasteiger partial charge in [0, 0.05) is 24.7 Å². The third-order valence-corrected chi connectivity index (χ3v) is 3.34. The van der Waals surface area contributed by atoms with E-state index >= 15 is 0 Å². The van der Waals surface area contributed by atoms with E-state index in [4.69, 9.17) is 0 Å². The Hall–Kier alpha value is -1.75. The van der Waals surface area contributed by atoms with Crippen LogP contribution in [0.5, 0.6) is 0 Å². The van der Waals surface area contributed by atoms with Crippen LogP contribution >= 0.6 is 0 Å². The van der Waals surface area contributed by atoms with Gasteiger partial charge in [-0.05, 0) is 50.7 Å². The van der Waals surface area contributed by atoms with Gasteiger partial charge in [-0.15, -0.1) is 0 Å². The molecule has 1 fully saturated rings. The fraction of sp³-hybridized carbons (Fsp3) is 0.438. The molecule has 0 saturated carbocycles. The van der Waals surface area contributed by atoms with Crippen molar-refractivity contribution in [2.24, 2.45) is 0 Å². The lowest BCUT2D eigenvalue weighted by Gasteiger charge is -2.08. The summed E-state index contributed by atoms with van der Waals surface area (Å²) in [4.78, 5) is 14.2. The lowest BCUT2D eigenvalue weighted by molar-refractivity contribution is 0.105. The Morgan fingerprint density at radius 1 is 1.11 bits per heavy atom. The Morgan fingerprint density at radius 2 is 1.67 bits per heavy atom. The summed E-state index contributed by atoms with van der Waals surface area (Å²) in [7, 11) is 0. The first-order valence-electron chi connectivity index (χ1n) is 6.46. The molecule has 0 unspecified atom stereocenters. The fourth-order valence-electron chi connectivity index (χ4n) is 2.56. The Morgan fingerprint density at radius 3 is 2.22 bits per heavy atom. The number of carbonyl (C=O) groups is 1. The quantitative estimate of drug-likeness (QED) is 0.556. The maximum atomic E-state index is 12.2. The smallest absolute Gasteiger partial charge is 0.238 e. The molecule has 1 aliphatic heterocycles. The third-order valence-electron chi connectivity index (χ3n) is 3.34. The van der Waals surface area contributed by atoms with Crippen molar-refractivity contribution in [1.82, 2.24) is 4.90 Å². The van der Waals surface area contributed by atoms with Crippen LogP contribution in [0, 0.1) is 32.7 Å². The summed E-state index contributed by atoms with van der Waals surface area (Å²) in [5.74, 6) is 2.72. The van der Waals surface area contributed by atoms with Crippen LogP contribution in [0.4, 0.5) is 0 Å². The van der Waals surface area contributed by atoms with Gasteiger partial charge in [-0.1, -0.05) is 17.7 Å². The molecule has 0 spiro atoms. The average molecular weight is 241 g/mol. The van der Waals surface area contributed by atoms with Crippen LogP contribution in [0.1, 0.15) is 39.9 Å². The van der Waals surface area contributed by atoms with Gasteiger partial charge in [0.25, 0.3) is 0 Å². The van der Waals surface area contributed by atoms with Crippen molar-refractivity contribution < 1.29 is 4.79 Å². The highest BCUT2D eigenvalue weighted by molar-refractivity contribution is 6.10. The van der Waals surface area contributed by atoms with Crippen LogP contribution in [-0.4, -0.2) is 23.8 Å². The summed E-state index contributed by atoms with van der Waals surface area (Å²) in [6.07, 6.45) is 2.37. The van der Waals surface area contributed by atoms with Gasteiger partial charge in [0.05, 0.1) is 0 Å². The van der Waals surface area contributed by atoms with E-state index in [-0.39, 0.29) is 5.78 Å². The van der Waals surface area contributed by atoms with E-state index in [0.29, 0.717) is 0 Å². The van der Waals surface area contributed by atoms with Crippen molar-refractivity contribution >= 4 is 5.78 Å². The maximum Gasteiger partial charge on any atom is 0.238 e. The summed E-state index contributed by atoms with van der Waals surface area (Å²) in [5.41, 5.74) is 4.00. The number of ketones is 1. The molecule has 1 saturated heterocycles. The monoisotopic (exact) mass is 241 g/mol. The summed E-state index contributed by atoms with van der Waals surface area (Å²) in [6, 6.07) is 7.06. The molecular weight excluding hydrogens is 222 g/mol. The van der Waals surface area contributed by atoms with Crippen molar-refractivity contribution in [2.45, 2.75) is 33.6 Å². The van der Waals surface area contributed by atoms with E-state index in [0.717, 1.165) is 29.8 Å². The Balaban J connectivity index is 2.23. The molecule has 1 aliphatic rings. The molecule has 1 heterocycles. The first kappa shape index (κ1) is 12.7. The number of benzene rings is 1. The molecular formula is C16H19NO. The van der Waals surface area contributed by atoms with Gasteiger partial charge >= 0.3 is 0 Å². The van der Waals surface area contributed by atoms with Crippen LogP contribution < -0.4 is 0 Å². The molecule has 0 aliphatic carbocycles. The molecule has 0 atom stereocenters. The van der Waals surface area contributed by atoms with Gasteiger partial charge in [0.1, 0.15) is 0 Å². The van der Waals surface area contributed by atoms with Gasteiger partial charge < -0.3 is 4.90 Å². The highest BCUT2D eigenvalue weighted by Crippen LogP contribution is 2.16. The summed E-state index contributed by atoms with van der Waals surface area (Å²) in [6.45, 7) is 7.98. The van der Waals surface area contributed by atoms with Crippen molar-refractivity contribution in [3.05, 3.63) is 34.4 Å². The van der Waals surface area contributed by atoms with E-state index < -0.39 is 0 Å². The van der Waals surface area contributed by atoms with Gasteiger partial charge in [-0.25, -0.2) is 0 Å². The van der Waals surface area contributed by atoms with E-state index in [2.05, 4.69) is 12.0 Å². The van der Waals surface area contributed by atoms with Crippen LogP contribution in [-0.2, 0) is 0 Å². The molecule has 0 aromatic heterocycles. The molecule has 18 heavy (non-hydrogen) atoms. The molecule has 0 bridgehead atoms. The number of nitrogens with zero attached hydrogens (tertiary/aromatic N) is 1. The topological polar surface area (TPSA) is 20.3 Å². The normalized spacial score (nSPS) is 14.3. The lowest BCUT2D eigenvalue weighted by Crippen LogP contribution is -2.12. The molecule has 1 aromatic rings. The van der Waals surface area contributed by atoms with Gasteiger partial charge in [0.15, 0.2) is 0 Å². The predicted molar refractivity (Wildman–Crippen MR) is 73.6 cm³/mol. The second-order valence-electron chi connectivity index (χ2n) is 5.03. The number of carbonyl (C=O) groups excluding carboxylic acids is 1. The SMILES string of the molecule is Cc1cc(C)c(C(=O)C#CN2CCCC2)c(C)c1. The van der Waals surface area contributed by atoms with E-state index in [1.807, 2.05) is 37.8 Å². The second kappa shape index (κ2) is 5.27. The second-order valence-corrected chi connectivity index (χ2v) is 5.03. The molecule has 2 nitrogen and oxygen atoms in total. The fourth-order valence-corrected chi connectivity index (χ4v) is 2.56. The van der Waals surface area contributed by atoms with Crippen molar-refractivity contribution in [3.8, 4) is 12.0 Å². The third kappa shape index (κ3) is 2.73. The largest absolute Gasteiger partial charge is 0.332 e. The summed E-state index contributed by atoms with van der Waals surface area (Å²) >= 11 is 0. The number of hydrogen-bond acceptors (Lipinski definition) is 2. The minimum atomic E-state index is -0.0584. The van der Waals surface area contributed by atoms with Gasteiger partial charge in [-0.3, -0.25) is 4.79 Å². The number of aryl methyl sites for hydroxylation is 3. The molecule has 0 radical (unpaired) electrons. The number of rotatable bonds is 1. The maximum absolute atomic E-state index is 12.2. The number of hydrogen-bond donors (Lipinski definition) is 0. The van der Waals surface area contributed by atoms with E-state index in [1.54, 1.807) is 0 Å². The zero-order valence-electron chi connectivity index (χ0n) is 11.3. The van der Waals surface area contributed by atoms with Crippen molar-refractivity contribution in [1.29, 1.82) is 0 Å². The van der Waals surface area contributed by atoms with Crippen LogP contribution in [0.25, 0.3) is 0 Å². The lowest BCUT2D eigenvalue weighted by atomic mass is 9.97. The van der Waals surface area contributed by atoms with Gasteiger partial charge in [-0.2, -0.15) is 0 Å². The molecule has 0 N–H and O–H groups in total. The highest BCUT2D eigenvalue weighted by Gasteiger charge is 2.12. The first-order valence-corrected chi connectivity index (χ1v) is 6.46. The Labute approximate surface area is 109 Å². The van der Waals surface area contributed by atoms with E-state index in [1.165, 1.54) is 18.4 Å². The predicted octanol–water partition coefficient (Wildman–Crippen LogP) is 2.85. The highest BCUT2D eigenvalue weighted by atomic mass is 16.1. The average Bonchev–Trinajstić information content (AvgIpc) is 2.77. The van der Waals surface area contributed by atoms with Crippen LogP contribution in [0.2, 0.25) is 0 Å². The Bertz CT molecular complexity index is 505. The van der Waals surface area contributed by atoms with Crippen molar-refractivity contribution in [2.75, 3.05) is 13.1 Å². The van der Waals surface area contributed by atoms with Crippen LogP contribution in [0.3, 0.4) is 0 Å². The molecule has 2 rings (SSSR count). The summed E-state index contributed by atoms with van der Waals surface area (Å²) < 4.78 is 0. The van der Waals surface area contributed by atoms with Gasteiger partial charge in [0.2, 0.25) is 5.78 Å². The summed E-state index contributed by atoms with van der Waals surface area (Å²) in [5, 5.41) is 0. The zero-order valence-corrected chi connectivity index (χ0v) is 11.3. The number of likely N-dealkylation sites (tertiary alicyclic amines) is 1.